The monoisotopic (exact) mass is 292 g/mol. The molecule has 2 aromatic carbocycles. The molecule has 0 saturated heterocycles. The smallest absolute Gasteiger partial charge is 0.251 e. The van der Waals surface area contributed by atoms with Gasteiger partial charge < -0.3 is 5.32 Å². The highest BCUT2D eigenvalue weighted by Crippen LogP contribution is 2.03. The van der Waals surface area contributed by atoms with E-state index in [9.17, 15) is 4.79 Å². The lowest BCUT2D eigenvalue weighted by Crippen LogP contribution is -2.22. The van der Waals surface area contributed by atoms with Crippen molar-refractivity contribution < 1.29 is 4.79 Å². The van der Waals surface area contributed by atoms with Crippen LogP contribution in [0.2, 0.25) is 0 Å². The molecule has 3 rings (SSSR count). The third-order valence-corrected chi connectivity index (χ3v) is 3.24. The lowest BCUT2D eigenvalue weighted by molar-refractivity contribution is 0.0950. The van der Waals surface area contributed by atoms with E-state index in [1.807, 2.05) is 54.7 Å². The van der Waals surface area contributed by atoms with Gasteiger partial charge in [0.1, 0.15) is 5.69 Å². The maximum atomic E-state index is 11.9. The average molecular weight is 292 g/mol. The van der Waals surface area contributed by atoms with Crippen LogP contribution in [0.3, 0.4) is 0 Å². The molecule has 0 spiro atoms. The largest absolute Gasteiger partial charge is 0.346 e. The molecule has 0 aliphatic rings. The first-order chi connectivity index (χ1) is 10.8. The van der Waals surface area contributed by atoms with Crippen molar-refractivity contribution in [3.63, 3.8) is 0 Å². The van der Waals surface area contributed by atoms with Crippen LogP contribution in [-0.2, 0) is 13.1 Å². The molecule has 0 saturated carbocycles. The molecule has 0 atom stereocenters. The van der Waals surface area contributed by atoms with Gasteiger partial charge in [-0.2, -0.15) is 0 Å². The molecule has 0 radical (unpaired) electrons. The lowest BCUT2D eigenvalue weighted by Gasteiger charge is -2.02. The highest BCUT2D eigenvalue weighted by molar-refractivity contribution is 5.93. The van der Waals surface area contributed by atoms with Crippen LogP contribution in [0.1, 0.15) is 21.6 Å². The average Bonchev–Trinajstić information content (AvgIpc) is 3.02. The molecular weight excluding hydrogens is 276 g/mol. The van der Waals surface area contributed by atoms with Crippen molar-refractivity contribution in [1.82, 2.24) is 20.3 Å². The number of carbonyl (C=O) groups is 1. The number of rotatable bonds is 5. The molecule has 22 heavy (non-hydrogen) atoms. The summed E-state index contributed by atoms with van der Waals surface area (Å²) in [5.41, 5.74) is 2.53. The summed E-state index contributed by atoms with van der Waals surface area (Å²) in [4.78, 5) is 11.9. The number of hydrogen-bond donors (Lipinski definition) is 1. The minimum Gasteiger partial charge on any atom is -0.346 e. The zero-order valence-electron chi connectivity index (χ0n) is 12.0. The zero-order chi connectivity index (χ0) is 15.2. The van der Waals surface area contributed by atoms with Crippen molar-refractivity contribution in [2.45, 2.75) is 13.1 Å². The molecule has 1 amide bonds. The number of amides is 1. The molecule has 0 bridgehead atoms. The highest BCUT2D eigenvalue weighted by atomic mass is 16.1. The molecule has 110 valence electrons. The lowest BCUT2D eigenvalue weighted by atomic mass is 10.2. The fraction of sp³-hybridized carbons (Fsp3) is 0.118. The molecule has 1 N–H and O–H groups in total. The number of aromatic nitrogens is 3. The maximum absolute atomic E-state index is 11.9. The van der Waals surface area contributed by atoms with E-state index in [1.165, 1.54) is 0 Å². The second-order valence-electron chi connectivity index (χ2n) is 4.94. The Morgan fingerprint density at radius 3 is 2.41 bits per heavy atom. The van der Waals surface area contributed by atoms with Crippen molar-refractivity contribution >= 4 is 5.91 Å². The van der Waals surface area contributed by atoms with Gasteiger partial charge in [0.2, 0.25) is 0 Å². The predicted molar refractivity (Wildman–Crippen MR) is 83.2 cm³/mol. The Hall–Kier alpha value is -2.95. The molecule has 5 nitrogen and oxygen atoms in total. The number of carbonyl (C=O) groups excluding carboxylic acids is 1. The molecule has 0 fully saturated rings. The van der Waals surface area contributed by atoms with Gasteiger partial charge >= 0.3 is 0 Å². The Balaban J connectivity index is 1.57. The normalized spacial score (nSPS) is 10.4. The molecular formula is C17H16N4O. The van der Waals surface area contributed by atoms with E-state index >= 15 is 0 Å². The van der Waals surface area contributed by atoms with E-state index < -0.39 is 0 Å². The van der Waals surface area contributed by atoms with Gasteiger partial charge in [-0.3, -0.25) is 4.79 Å². The summed E-state index contributed by atoms with van der Waals surface area (Å²) in [6.45, 7) is 1.03. The molecule has 0 aliphatic heterocycles. The molecule has 5 heteroatoms. The Bertz CT molecular complexity index is 738. The van der Waals surface area contributed by atoms with Crippen molar-refractivity contribution in [3.05, 3.63) is 83.7 Å². The SMILES string of the molecule is O=C(NCc1cn(Cc2ccccc2)nn1)c1ccccc1. The third-order valence-electron chi connectivity index (χ3n) is 3.24. The van der Waals surface area contributed by atoms with Gasteiger partial charge in [0, 0.05) is 5.56 Å². The number of nitrogens with one attached hydrogen (secondary N) is 1. The fourth-order valence-corrected chi connectivity index (χ4v) is 2.13. The summed E-state index contributed by atoms with van der Waals surface area (Å²) in [7, 11) is 0. The minimum absolute atomic E-state index is 0.113. The van der Waals surface area contributed by atoms with Gasteiger partial charge in [0.25, 0.3) is 5.91 Å². The summed E-state index contributed by atoms with van der Waals surface area (Å²) < 4.78 is 1.76. The van der Waals surface area contributed by atoms with E-state index in [4.69, 9.17) is 0 Å². The van der Waals surface area contributed by atoms with Gasteiger partial charge in [0.15, 0.2) is 0 Å². The highest BCUT2D eigenvalue weighted by Gasteiger charge is 2.06. The Morgan fingerprint density at radius 2 is 1.68 bits per heavy atom. The van der Waals surface area contributed by atoms with Crippen LogP contribution in [0.5, 0.6) is 0 Å². The second kappa shape index (κ2) is 6.67. The Morgan fingerprint density at radius 1 is 1.00 bits per heavy atom. The van der Waals surface area contributed by atoms with Gasteiger partial charge in [-0.05, 0) is 17.7 Å². The van der Waals surface area contributed by atoms with E-state index in [1.54, 1.807) is 16.8 Å². The van der Waals surface area contributed by atoms with Crippen molar-refractivity contribution in [3.8, 4) is 0 Å². The van der Waals surface area contributed by atoms with Gasteiger partial charge in [-0.1, -0.05) is 53.7 Å². The van der Waals surface area contributed by atoms with E-state index in [0.717, 1.165) is 11.3 Å². The first kappa shape index (κ1) is 14.0. The van der Waals surface area contributed by atoms with Crippen LogP contribution >= 0.6 is 0 Å². The summed E-state index contributed by atoms with van der Waals surface area (Å²) in [5, 5.41) is 11.0. The second-order valence-corrected chi connectivity index (χ2v) is 4.94. The van der Waals surface area contributed by atoms with E-state index in [2.05, 4.69) is 15.6 Å². The quantitative estimate of drug-likeness (QED) is 0.784. The Kier molecular flexibility index (Phi) is 4.25. The summed E-state index contributed by atoms with van der Waals surface area (Å²) in [5.74, 6) is -0.113. The van der Waals surface area contributed by atoms with Gasteiger partial charge in [-0.25, -0.2) is 4.68 Å². The molecule has 1 heterocycles. The van der Waals surface area contributed by atoms with Crippen molar-refractivity contribution in [2.75, 3.05) is 0 Å². The topological polar surface area (TPSA) is 59.8 Å². The predicted octanol–water partition coefficient (Wildman–Crippen LogP) is 2.26. The summed E-state index contributed by atoms with van der Waals surface area (Å²) in [6, 6.07) is 19.2. The number of nitrogens with zero attached hydrogens (tertiary/aromatic N) is 3. The van der Waals surface area contributed by atoms with Crippen LogP contribution in [0.15, 0.2) is 66.9 Å². The number of benzene rings is 2. The van der Waals surface area contributed by atoms with Gasteiger partial charge in [0.05, 0.1) is 19.3 Å². The Labute approximate surface area is 128 Å². The number of hydrogen-bond acceptors (Lipinski definition) is 3. The summed E-state index contributed by atoms with van der Waals surface area (Å²) in [6.07, 6.45) is 1.85. The van der Waals surface area contributed by atoms with Crippen LogP contribution in [0.25, 0.3) is 0 Å². The standard InChI is InChI=1S/C17H16N4O/c22-17(15-9-5-2-6-10-15)18-11-16-13-21(20-19-16)12-14-7-3-1-4-8-14/h1-10,13H,11-12H2,(H,18,22). The fourth-order valence-electron chi connectivity index (χ4n) is 2.13. The molecule has 3 aromatic rings. The minimum atomic E-state index is -0.113. The van der Waals surface area contributed by atoms with E-state index in [-0.39, 0.29) is 5.91 Å². The molecule has 0 unspecified atom stereocenters. The van der Waals surface area contributed by atoms with Crippen LogP contribution in [0, 0.1) is 0 Å². The first-order valence-corrected chi connectivity index (χ1v) is 7.07. The van der Waals surface area contributed by atoms with Crippen molar-refractivity contribution in [1.29, 1.82) is 0 Å². The van der Waals surface area contributed by atoms with Gasteiger partial charge in [-0.15, -0.1) is 5.10 Å². The van der Waals surface area contributed by atoms with Crippen LogP contribution in [-0.4, -0.2) is 20.9 Å². The van der Waals surface area contributed by atoms with E-state index in [0.29, 0.717) is 18.7 Å². The van der Waals surface area contributed by atoms with Crippen LogP contribution in [0.4, 0.5) is 0 Å². The third kappa shape index (κ3) is 3.58. The van der Waals surface area contributed by atoms with Crippen LogP contribution < -0.4 is 5.32 Å². The molecule has 0 aliphatic carbocycles. The van der Waals surface area contributed by atoms with Crippen molar-refractivity contribution in [2.24, 2.45) is 0 Å². The first-order valence-electron chi connectivity index (χ1n) is 7.07. The maximum Gasteiger partial charge on any atom is 0.251 e. The molecule has 1 aromatic heterocycles. The zero-order valence-corrected chi connectivity index (χ0v) is 12.0. The summed E-state index contributed by atoms with van der Waals surface area (Å²) >= 11 is 0.